The zero-order valence-corrected chi connectivity index (χ0v) is 20.3. The minimum Gasteiger partial charge on any atom is -0.870 e. The largest absolute Gasteiger partial charge is 0.967 e. The first-order valence-corrected chi connectivity index (χ1v) is 13.4. The highest BCUT2D eigenvalue weighted by Crippen LogP contribution is 2.44. The third-order valence-electron chi connectivity index (χ3n) is 6.38. The van der Waals surface area contributed by atoms with Gasteiger partial charge < -0.3 is 27.9 Å². The standard InChI is InChI=1S/C30H20O6Si/c31-25-13-19-7-1-3-9-21(19)15-27(25)33-37(34-28-16-22-10-4-2-8-20(22)14-26(28)32)35-29-17-23-11-5-6-12-24(23)18-30(29)36-37/h1-18,31-32H/p-2. The maximum absolute atomic E-state index is 13.0. The molecule has 0 fully saturated rings. The van der Waals surface area contributed by atoms with Gasteiger partial charge in [0.2, 0.25) is 0 Å². The number of rotatable bonds is 4. The molecule has 0 radical (unpaired) electrons. The van der Waals surface area contributed by atoms with E-state index in [2.05, 4.69) is 0 Å². The Bertz CT molecular complexity index is 1700. The predicted octanol–water partition coefficient (Wildman–Crippen LogP) is 5.66. The molecule has 0 saturated heterocycles. The zero-order valence-electron chi connectivity index (χ0n) is 19.3. The van der Waals surface area contributed by atoms with Crippen molar-refractivity contribution in [2.24, 2.45) is 0 Å². The van der Waals surface area contributed by atoms with Gasteiger partial charge in [0.25, 0.3) is 0 Å². The van der Waals surface area contributed by atoms with E-state index in [0.29, 0.717) is 11.5 Å². The molecule has 0 saturated carbocycles. The number of benzene rings is 6. The van der Waals surface area contributed by atoms with Gasteiger partial charge in [-0.05, 0) is 56.6 Å². The van der Waals surface area contributed by atoms with Crippen LogP contribution in [-0.2, 0) is 0 Å². The predicted molar refractivity (Wildman–Crippen MR) is 139 cm³/mol. The molecule has 1 aliphatic rings. The average Bonchev–Trinajstić information content (AvgIpc) is 3.24. The monoisotopic (exact) mass is 502 g/mol. The normalized spacial score (nSPS) is 13.7. The summed E-state index contributed by atoms with van der Waals surface area (Å²) in [6.45, 7) is 0. The van der Waals surface area contributed by atoms with Gasteiger partial charge in [-0.1, -0.05) is 96.4 Å². The van der Waals surface area contributed by atoms with Gasteiger partial charge in [0.15, 0.2) is 11.5 Å². The van der Waals surface area contributed by atoms with Gasteiger partial charge in [-0.25, -0.2) is 0 Å². The average molecular weight is 503 g/mol. The van der Waals surface area contributed by atoms with Gasteiger partial charge in [0, 0.05) is 0 Å². The SMILES string of the molecule is [O-]c1cc2ccccc2cc1O[Si]1(Oc2cc3ccccc3cc2[O-])Oc2cc3ccccc3cc2O1. The molecule has 37 heavy (non-hydrogen) atoms. The Hall–Kier alpha value is -4.88. The van der Waals surface area contributed by atoms with Gasteiger partial charge in [-0.15, -0.1) is 0 Å². The first-order valence-electron chi connectivity index (χ1n) is 11.7. The Morgan fingerprint density at radius 1 is 0.459 bits per heavy atom. The van der Waals surface area contributed by atoms with Crippen LogP contribution in [0.5, 0.6) is 34.5 Å². The van der Waals surface area contributed by atoms with Crippen LogP contribution in [0.3, 0.4) is 0 Å². The molecule has 0 aromatic heterocycles. The fourth-order valence-corrected chi connectivity index (χ4v) is 6.54. The summed E-state index contributed by atoms with van der Waals surface area (Å²) in [5.74, 6) is 0.206. The van der Waals surface area contributed by atoms with Crippen LogP contribution in [-0.4, -0.2) is 9.05 Å². The van der Waals surface area contributed by atoms with Crippen molar-refractivity contribution >= 4 is 41.4 Å². The molecule has 7 heteroatoms. The Balaban J connectivity index is 1.35. The fourth-order valence-electron chi connectivity index (χ4n) is 4.58. The van der Waals surface area contributed by atoms with Gasteiger partial charge in [-0.3, -0.25) is 0 Å². The van der Waals surface area contributed by atoms with Crippen molar-refractivity contribution in [3.05, 3.63) is 109 Å². The van der Waals surface area contributed by atoms with Crippen LogP contribution < -0.4 is 27.9 Å². The lowest BCUT2D eigenvalue weighted by Gasteiger charge is -2.27. The Labute approximate surface area is 213 Å². The lowest BCUT2D eigenvalue weighted by Crippen LogP contribution is -2.58. The number of hydrogen-bond acceptors (Lipinski definition) is 6. The lowest BCUT2D eigenvalue weighted by atomic mass is 10.1. The Kier molecular flexibility index (Phi) is 4.67. The molecular formula is C30H18O6Si-2. The van der Waals surface area contributed by atoms with Gasteiger partial charge in [-0.2, -0.15) is 0 Å². The van der Waals surface area contributed by atoms with Crippen molar-refractivity contribution in [1.29, 1.82) is 0 Å². The highest BCUT2D eigenvalue weighted by atomic mass is 28.4. The summed E-state index contributed by atoms with van der Waals surface area (Å²) in [4.78, 5) is 0. The molecule has 1 aliphatic heterocycles. The molecule has 6 aromatic rings. The van der Waals surface area contributed by atoms with E-state index >= 15 is 0 Å². The lowest BCUT2D eigenvalue weighted by molar-refractivity contribution is -0.269. The maximum Gasteiger partial charge on any atom is 0.967 e. The van der Waals surface area contributed by atoms with Crippen molar-refractivity contribution in [3.8, 4) is 34.5 Å². The molecule has 0 aliphatic carbocycles. The summed E-state index contributed by atoms with van der Waals surface area (Å²) >= 11 is 0. The van der Waals surface area contributed by atoms with E-state index < -0.39 is 9.05 Å². The number of fused-ring (bicyclic) bond motifs is 4. The van der Waals surface area contributed by atoms with Crippen LogP contribution >= 0.6 is 0 Å². The Morgan fingerprint density at radius 2 is 0.784 bits per heavy atom. The summed E-state index contributed by atoms with van der Waals surface area (Å²) in [7, 11) is -4.16. The second kappa shape index (κ2) is 8.08. The van der Waals surface area contributed by atoms with E-state index in [1.807, 2.05) is 84.9 Å². The Morgan fingerprint density at radius 3 is 1.16 bits per heavy atom. The quantitative estimate of drug-likeness (QED) is 0.289. The smallest absolute Gasteiger partial charge is 0.870 e. The molecule has 0 bridgehead atoms. The van der Waals surface area contributed by atoms with Crippen LogP contribution in [0.25, 0.3) is 32.3 Å². The highest BCUT2D eigenvalue weighted by Gasteiger charge is 2.62. The number of hydrogen-bond donors (Lipinski definition) is 0. The minimum atomic E-state index is -4.16. The van der Waals surface area contributed by atoms with Crippen molar-refractivity contribution in [2.45, 2.75) is 0 Å². The van der Waals surface area contributed by atoms with Crippen molar-refractivity contribution < 1.29 is 27.9 Å². The first-order chi connectivity index (χ1) is 18.1. The van der Waals surface area contributed by atoms with Crippen LogP contribution in [0.2, 0.25) is 0 Å². The topological polar surface area (TPSA) is 83.0 Å². The molecule has 0 spiro atoms. The van der Waals surface area contributed by atoms with Crippen LogP contribution in [0.4, 0.5) is 0 Å². The molecule has 7 rings (SSSR count). The minimum absolute atomic E-state index is 0.0240. The summed E-state index contributed by atoms with van der Waals surface area (Å²) in [5, 5.41) is 31.1. The second-order valence-electron chi connectivity index (χ2n) is 8.85. The van der Waals surface area contributed by atoms with Crippen LogP contribution in [0.15, 0.2) is 109 Å². The fraction of sp³-hybridized carbons (Fsp3) is 0. The van der Waals surface area contributed by atoms with E-state index in [1.54, 1.807) is 12.1 Å². The van der Waals surface area contributed by atoms with E-state index in [9.17, 15) is 10.2 Å². The molecular weight excluding hydrogens is 484 g/mol. The molecule has 6 aromatic carbocycles. The highest BCUT2D eigenvalue weighted by molar-refractivity contribution is 6.58. The molecule has 0 amide bonds. The molecule has 1 heterocycles. The van der Waals surface area contributed by atoms with Crippen molar-refractivity contribution in [3.63, 3.8) is 0 Å². The molecule has 6 nitrogen and oxygen atoms in total. The third kappa shape index (κ3) is 3.73. The van der Waals surface area contributed by atoms with Crippen LogP contribution in [0.1, 0.15) is 0 Å². The van der Waals surface area contributed by atoms with Gasteiger partial charge in [0.1, 0.15) is 11.5 Å². The summed E-state index contributed by atoms with van der Waals surface area (Å²) in [5.41, 5.74) is 0. The molecule has 0 N–H and O–H groups in total. The maximum atomic E-state index is 13.0. The van der Waals surface area contributed by atoms with E-state index in [1.165, 1.54) is 12.1 Å². The van der Waals surface area contributed by atoms with E-state index in [4.69, 9.17) is 17.7 Å². The summed E-state index contributed by atoms with van der Waals surface area (Å²) in [6, 6.07) is 32.7. The molecule has 180 valence electrons. The summed E-state index contributed by atoms with van der Waals surface area (Å²) < 4.78 is 24.9. The summed E-state index contributed by atoms with van der Waals surface area (Å²) in [6.07, 6.45) is 0. The van der Waals surface area contributed by atoms with Crippen molar-refractivity contribution in [1.82, 2.24) is 0 Å². The van der Waals surface area contributed by atoms with Crippen molar-refractivity contribution in [2.75, 3.05) is 0 Å². The van der Waals surface area contributed by atoms with E-state index in [0.717, 1.165) is 32.3 Å². The third-order valence-corrected chi connectivity index (χ3v) is 8.26. The first kappa shape index (κ1) is 21.4. The van der Waals surface area contributed by atoms with Gasteiger partial charge in [0.05, 0.1) is 0 Å². The van der Waals surface area contributed by atoms with Crippen LogP contribution in [0, 0.1) is 0 Å². The zero-order chi connectivity index (χ0) is 25.0. The molecule has 0 unspecified atom stereocenters. The van der Waals surface area contributed by atoms with Gasteiger partial charge >= 0.3 is 9.05 Å². The molecule has 0 atom stereocenters. The second-order valence-corrected chi connectivity index (χ2v) is 10.7. The van der Waals surface area contributed by atoms with E-state index in [-0.39, 0.29) is 23.0 Å².